The van der Waals surface area contributed by atoms with Crippen molar-refractivity contribution in [3.63, 3.8) is 0 Å². The molecule has 3 aromatic carbocycles. The molecule has 1 fully saturated rings. The Kier molecular flexibility index (Phi) is 8.44. The van der Waals surface area contributed by atoms with E-state index in [2.05, 4.69) is 10.6 Å². The summed E-state index contributed by atoms with van der Waals surface area (Å²) in [5.74, 6) is 0.407. The molecule has 1 aliphatic heterocycles. The van der Waals surface area contributed by atoms with Crippen molar-refractivity contribution in [2.75, 3.05) is 32.8 Å². The smallest absolute Gasteiger partial charge is 0.418 e. The second kappa shape index (κ2) is 11.8. The number of benzene rings is 3. The summed E-state index contributed by atoms with van der Waals surface area (Å²) in [5, 5.41) is 5.69. The number of anilines is 2. The Labute approximate surface area is 224 Å². The number of ether oxygens (including phenoxy) is 3. The van der Waals surface area contributed by atoms with Crippen molar-refractivity contribution >= 4 is 23.1 Å². The quantitative estimate of drug-likeness (QED) is 0.317. The molecule has 4 rings (SSSR count). The van der Waals surface area contributed by atoms with E-state index in [1.54, 1.807) is 42.5 Å². The van der Waals surface area contributed by atoms with Crippen LogP contribution in [0.3, 0.4) is 0 Å². The zero-order valence-electron chi connectivity index (χ0n) is 21.6. The number of alkyl halides is 3. The average molecular weight is 543 g/mol. The maximum absolute atomic E-state index is 13.3. The standard InChI is InChI=1S/C29H29F3N2O5/c1-37-22-13-20(14-23(15-22)38-2)26(35)16-28(11-12-39-18-28)27(36)33-17-19-7-9-21(10-8-19)34-25-6-4-3-5-24(25)29(30,31)32/h3-10,13-15,34H,11-12,16-18H2,1-2H3,(H,33,36)/t28-/m0/s1. The minimum absolute atomic E-state index is 0.0450. The molecule has 1 heterocycles. The van der Waals surface area contributed by atoms with Gasteiger partial charge in [-0.25, -0.2) is 0 Å². The van der Waals surface area contributed by atoms with Gasteiger partial charge in [-0.2, -0.15) is 13.2 Å². The first kappa shape index (κ1) is 28.0. The van der Waals surface area contributed by atoms with Gasteiger partial charge in [0.2, 0.25) is 5.91 Å². The first-order valence-corrected chi connectivity index (χ1v) is 12.3. The van der Waals surface area contributed by atoms with Crippen molar-refractivity contribution in [2.24, 2.45) is 5.41 Å². The fraction of sp³-hybridized carbons (Fsp3) is 0.310. The zero-order valence-corrected chi connectivity index (χ0v) is 21.6. The second-order valence-electron chi connectivity index (χ2n) is 9.33. The maximum atomic E-state index is 13.3. The van der Waals surface area contributed by atoms with Gasteiger partial charge in [0.15, 0.2) is 5.78 Å². The number of nitrogens with one attached hydrogen (secondary N) is 2. The molecule has 0 saturated carbocycles. The van der Waals surface area contributed by atoms with Gasteiger partial charge >= 0.3 is 6.18 Å². The van der Waals surface area contributed by atoms with Gasteiger partial charge in [0.25, 0.3) is 0 Å². The number of ketones is 1. The predicted molar refractivity (Wildman–Crippen MR) is 139 cm³/mol. The minimum atomic E-state index is -4.48. The number of methoxy groups -OCH3 is 2. The molecule has 10 heteroatoms. The molecule has 1 amide bonds. The summed E-state index contributed by atoms with van der Waals surface area (Å²) < 4.78 is 55.8. The number of halogens is 3. The number of carbonyl (C=O) groups is 2. The van der Waals surface area contributed by atoms with E-state index in [-0.39, 0.29) is 37.0 Å². The van der Waals surface area contributed by atoms with Gasteiger partial charge in [-0.15, -0.1) is 0 Å². The van der Waals surface area contributed by atoms with Crippen LogP contribution in [-0.2, 0) is 22.3 Å². The number of carbonyl (C=O) groups excluding carboxylic acids is 2. The molecule has 1 atom stereocenters. The van der Waals surface area contributed by atoms with Gasteiger partial charge in [-0.1, -0.05) is 24.3 Å². The number of para-hydroxylation sites is 1. The van der Waals surface area contributed by atoms with E-state index in [1.165, 1.54) is 32.4 Å². The van der Waals surface area contributed by atoms with Gasteiger partial charge in [0.1, 0.15) is 11.5 Å². The summed E-state index contributed by atoms with van der Waals surface area (Å²) in [4.78, 5) is 26.5. The van der Waals surface area contributed by atoms with Crippen LogP contribution in [0.2, 0.25) is 0 Å². The Morgan fingerprint density at radius 2 is 1.64 bits per heavy atom. The van der Waals surface area contributed by atoms with Crippen molar-refractivity contribution in [2.45, 2.75) is 25.6 Å². The molecule has 1 aliphatic rings. The summed E-state index contributed by atoms with van der Waals surface area (Å²) >= 11 is 0. The molecule has 0 unspecified atom stereocenters. The molecule has 1 saturated heterocycles. The molecule has 0 bridgehead atoms. The molecular formula is C29H29F3N2O5. The van der Waals surface area contributed by atoms with Crippen LogP contribution < -0.4 is 20.1 Å². The highest BCUT2D eigenvalue weighted by atomic mass is 19.4. The monoisotopic (exact) mass is 542 g/mol. The number of amides is 1. The first-order valence-electron chi connectivity index (χ1n) is 12.3. The Hall–Kier alpha value is -4.05. The van der Waals surface area contributed by atoms with Crippen LogP contribution in [0.5, 0.6) is 11.5 Å². The van der Waals surface area contributed by atoms with Gasteiger partial charge in [-0.3, -0.25) is 9.59 Å². The Bertz CT molecular complexity index is 1300. The molecule has 0 aliphatic carbocycles. The van der Waals surface area contributed by atoms with Crippen molar-refractivity contribution in [1.82, 2.24) is 5.32 Å². The predicted octanol–water partition coefficient (Wildman–Crippen LogP) is 5.76. The molecule has 3 aromatic rings. The van der Waals surface area contributed by atoms with Crippen LogP contribution in [0.1, 0.15) is 34.3 Å². The number of rotatable bonds is 10. The molecule has 39 heavy (non-hydrogen) atoms. The highest BCUT2D eigenvalue weighted by Crippen LogP contribution is 2.37. The van der Waals surface area contributed by atoms with Crippen molar-refractivity contribution < 1.29 is 37.0 Å². The fourth-order valence-electron chi connectivity index (χ4n) is 4.45. The van der Waals surface area contributed by atoms with E-state index in [4.69, 9.17) is 14.2 Å². The van der Waals surface area contributed by atoms with Gasteiger partial charge in [0.05, 0.1) is 37.5 Å². The van der Waals surface area contributed by atoms with E-state index in [0.717, 1.165) is 11.6 Å². The molecular weight excluding hydrogens is 513 g/mol. The molecule has 7 nitrogen and oxygen atoms in total. The first-order chi connectivity index (χ1) is 18.6. The summed E-state index contributed by atoms with van der Waals surface area (Å²) in [5.41, 5.74) is -0.228. The SMILES string of the molecule is COc1cc(OC)cc(C(=O)C[C@@]2(C(=O)NCc3ccc(Nc4ccccc4C(F)(F)F)cc3)CCOC2)c1. The lowest BCUT2D eigenvalue weighted by molar-refractivity contribution is -0.137. The Morgan fingerprint density at radius 1 is 0.974 bits per heavy atom. The van der Waals surface area contributed by atoms with Crippen molar-refractivity contribution in [3.8, 4) is 11.5 Å². The van der Waals surface area contributed by atoms with E-state index in [1.807, 2.05) is 0 Å². The van der Waals surface area contributed by atoms with E-state index < -0.39 is 17.2 Å². The van der Waals surface area contributed by atoms with Crippen LogP contribution in [0.4, 0.5) is 24.5 Å². The lowest BCUT2D eigenvalue weighted by atomic mass is 9.79. The van der Waals surface area contributed by atoms with Gasteiger partial charge in [-0.05, 0) is 48.4 Å². The number of hydrogen-bond donors (Lipinski definition) is 2. The second-order valence-corrected chi connectivity index (χ2v) is 9.33. The molecule has 0 aromatic heterocycles. The van der Waals surface area contributed by atoms with E-state index >= 15 is 0 Å². The fourth-order valence-corrected chi connectivity index (χ4v) is 4.45. The largest absolute Gasteiger partial charge is 0.497 e. The van der Waals surface area contributed by atoms with Gasteiger partial charge in [0, 0.05) is 36.9 Å². The highest BCUT2D eigenvalue weighted by Gasteiger charge is 2.44. The van der Waals surface area contributed by atoms with Gasteiger partial charge < -0.3 is 24.8 Å². The highest BCUT2D eigenvalue weighted by molar-refractivity contribution is 6.00. The van der Waals surface area contributed by atoms with E-state index in [0.29, 0.717) is 35.8 Å². The van der Waals surface area contributed by atoms with Crippen LogP contribution in [0.25, 0.3) is 0 Å². The lowest BCUT2D eigenvalue weighted by Crippen LogP contribution is -2.42. The summed E-state index contributed by atoms with van der Waals surface area (Å²) in [7, 11) is 2.99. The molecule has 2 N–H and O–H groups in total. The normalized spacial score (nSPS) is 16.9. The van der Waals surface area contributed by atoms with Crippen molar-refractivity contribution in [1.29, 1.82) is 0 Å². The summed E-state index contributed by atoms with van der Waals surface area (Å²) in [6.07, 6.45) is -4.13. The van der Waals surface area contributed by atoms with Crippen LogP contribution in [0.15, 0.2) is 66.7 Å². The van der Waals surface area contributed by atoms with E-state index in [9.17, 15) is 22.8 Å². The average Bonchev–Trinajstić information content (AvgIpc) is 3.41. The Balaban J connectivity index is 1.41. The van der Waals surface area contributed by atoms with Crippen LogP contribution >= 0.6 is 0 Å². The molecule has 0 spiro atoms. The topological polar surface area (TPSA) is 85.9 Å². The minimum Gasteiger partial charge on any atom is -0.497 e. The molecule has 206 valence electrons. The number of hydrogen-bond acceptors (Lipinski definition) is 6. The van der Waals surface area contributed by atoms with Crippen LogP contribution in [0, 0.1) is 5.41 Å². The zero-order chi connectivity index (χ0) is 28.0. The third kappa shape index (κ3) is 6.69. The van der Waals surface area contributed by atoms with Crippen LogP contribution in [-0.4, -0.2) is 39.1 Å². The number of Topliss-reactive ketones (excluding diaryl/α,β-unsaturated/α-hetero) is 1. The molecule has 0 radical (unpaired) electrons. The maximum Gasteiger partial charge on any atom is 0.418 e. The third-order valence-electron chi connectivity index (χ3n) is 6.68. The Morgan fingerprint density at radius 3 is 2.23 bits per heavy atom. The summed E-state index contributed by atoms with van der Waals surface area (Å²) in [6, 6.07) is 16.8. The van der Waals surface area contributed by atoms with Crippen molar-refractivity contribution in [3.05, 3.63) is 83.4 Å². The lowest BCUT2D eigenvalue weighted by Gasteiger charge is -2.25. The summed E-state index contributed by atoms with van der Waals surface area (Å²) in [6.45, 7) is 0.663. The third-order valence-corrected chi connectivity index (χ3v) is 6.68.